The first-order valence-electron chi connectivity index (χ1n) is 10.5. The smallest absolute Gasteiger partial charge is 0.294 e. The summed E-state index contributed by atoms with van der Waals surface area (Å²) < 4.78 is 2.26. The molecule has 12 heteroatoms. The Balaban J connectivity index is 1.37. The van der Waals surface area contributed by atoms with E-state index in [2.05, 4.69) is 26.3 Å². The maximum atomic E-state index is 11.2. The van der Waals surface area contributed by atoms with E-state index in [-0.39, 0.29) is 17.1 Å². The van der Waals surface area contributed by atoms with Crippen LogP contribution in [0.15, 0.2) is 41.3 Å². The van der Waals surface area contributed by atoms with Crippen molar-refractivity contribution < 1.29 is 14.4 Å². The first-order valence-corrected chi connectivity index (χ1v) is 11.7. The van der Waals surface area contributed by atoms with Crippen LogP contribution < -0.4 is 16.4 Å². The normalized spacial score (nSPS) is 13.5. The van der Waals surface area contributed by atoms with E-state index in [0.717, 1.165) is 55.5 Å². The van der Waals surface area contributed by atoms with E-state index in [9.17, 15) is 20.2 Å². The van der Waals surface area contributed by atoms with Crippen LogP contribution in [0.25, 0.3) is 0 Å². The quantitative estimate of drug-likeness (QED) is 0.106. The summed E-state index contributed by atoms with van der Waals surface area (Å²) in [5.41, 5.74) is 7.54. The van der Waals surface area contributed by atoms with Crippen LogP contribution in [-0.4, -0.2) is 71.2 Å². The first-order chi connectivity index (χ1) is 15.9. The summed E-state index contributed by atoms with van der Waals surface area (Å²) in [5, 5.41) is 28.4. The van der Waals surface area contributed by atoms with Crippen molar-refractivity contribution in [2.75, 3.05) is 62.0 Å². The van der Waals surface area contributed by atoms with Crippen molar-refractivity contribution in [2.45, 2.75) is 11.3 Å². The van der Waals surface area contributed by atoms with Crippen LogP contribution in [0.4, 0.5) is 28.4 Å². The number of nitrogen functional groups attached to an aromatic ring is 1. The maximum Gasteiger partial charge on any atom is 0.294 e. The van der Waals surface area contributed by atoms with Crippen LogP contribution in [0.1, 0.15) is 6.42 Å². The minimum atomic E-state index is -0.464. The standard InChI is InChI=1S/C21H28N7O4S/c1-33-21-13-18(22)20(28(31)32)14-19(21)24-8-10-26-12-11-25(15-26)9-2-7-23-16-3-5-17(6-4-16)27(29)30/h3-6,11,13-14,23-24H,2,7-10,12,15,22H2,1H3/q+1. The Morgan fingerprint density at radius 3 is 2.55 bits per heavy atom. The lowest BCUT2D eigenvalue weighted by molar-refractivity contribution is -0.531. The topological polar surface area (TPSA) is 143 Å². The second-order valence-electron chi connectivity index (χ2n) is 7.59. The molecule has 0 spiro atoms. The average molecular weight is 475 g/mol. The van der Waals surface area contributed by atoms with Crippen LogP contribution in [-0.2, 0) is 0 Å². The maximum absolute atomic E-state index is 11.2. The molecule has 1 aliphatic heterocycles. The molecule has 3 rings (SSSR count). The van der Waals surface area contributed by atoms with Crippen LogP contribution in [0.5, 0.6) is 0 Å². The fraction of sp³-hybridized carbons (Fsp3) is 0.381. The highest BCUT2D eigenvalue weighted by Crippen LogP contribution is 2.34. The Hall–Kier alpha value is -3.38. The Morgan fingerprint density at radius 1 is 1.12 bits per heavy atom. The predicted octanol–water partition coefficient (Wildman–Crippen LogP) is 3.08. The van der Waals surface area contributed by atoms with E-state index in [0.29, 0.717) is 6.54 Å². The molecule has 0 aromatic heterocycles. The number of nitrogens with zero attached hydrogens (tertiary/aromatic N) is 4. The number of rotatable bonds is 12. The molecule has 1 heterocycles. The molecule has 0 radical (unpaired) electrons. The van der Waals surface area contributed by atoms with Gasteiger partial charge in [-0.15, -0.1) is 11.8 Å². The van der Waals surface area contributed by atoms with E-state index in [1.807, 2.05) is 6.26 Å². The van der Waals surface area contributed by atoms with Gasteiger partial charge >= 0.3 is 0 Å². The average Bonchev–Trinajstić information content (AvgIpc) is 3.25. The van der Waals surface area contributed by atoms with Gasteiger partial charge in [0.15, 0.2) is 12.9 Å². The summed E-state index contributed by atoms with van der Waals surface area (Å²) in [5.74, 6) is 0. The van der Waals surface area contributed by atoms with E-state index < -0.39 is 9.85 Å². The summed E-state index contributed by atoms with van der Waals surface area (Å²) in [6, 6.07) is 9.56. The van der Waals surface area contributed by atoms with Gasteiger partial charge in [0, 0.05) is 54.8 Å². The van der Waals surface area contributed by atoms with Crippen molar-refractivity contribution in [1.29, 1.82) is 0 Å². The van der Waals surface area contributed by atoms with E-state index >= 15 is 0 Å². The van der Waals surface area contributed by atoms with Gasteiger partial charge in [0.25, 0.3) is 11.4 Å². The van der Waals surface area contributed by atoms with Crippen LogP contribution in [0, 0.1) is 20.2 Å². The van der Waals surface area contributed by atoms with Gasteiger partial charge in [0.05, 0.1) is 22.1 Å². The molecule has 0 fully saturated rings. The van der Waals surface area contributed by atoms with Gasteiger partial charge in [0.2, 0.25) is 0 Å². The summed E-state index contributed by atoms with van der Waals surface area (Å²) >= 11 is 1.50. The molecule has 176 valence electrons. The minimum Gasteiger partial charge on any atom is -0.393 e. The van der Waals surface area contributed by atoms with Crippen molar-refractivity contribution in [3.63, 3.8) is 0 Å². The number of hydrogen-bond acceptors (Lipinski definition) is 9. The second kappa shape index (κ2) is 11.5. The molecule has 2 aromatic carbocycles. The molecular weight excluding hydrogens is 446 g/mol. The lowest BCUT2D eigenvalue weighted by atomic mass is 10.2. The third-order valence-corrected chi connectivity index (χ3v) is 6.08. The number of nitrogens with two attached hydrogens (primary N) is 1. The van der Waals surface area contributed by atoms with E-state index in [1.165, 1.54) is 30.0 Å². The minimum absolute atomic E-state index is 0.0843. The molecule has 33 heavy (non-hydrogen) atoms. The molecule has 0 aliphatic carbocycles. The second-order valence-corrected chi connectivity index (χ2v) is 8.44. The molecule has 1 aliphatic rings. The van der Waals surface area contributed by atoms with Crippen molar-refractivity contribution in [3.05, 3.63) is 56.6 Å². The zero-order valence-electron chi connectivity index (χ0n) is 18.4. The molecule has 0 amide bonds. The molecule has 11 nitrogen and oxygen atoms in total. The summed E-state index contributed by atoms with van der Waals surface area (Å²) in [6.07, 6.45) is 5.02. The lowest BCUT2D eigenvalue weighted by Crippen LogP contribution is -2.30. The van der Waals surface area contributed by atoms with Gasteiger partial charge in [-0.2, -0.15) is 0 Å². The Morgan fingerprint density at radius 2 is 1.88 bits per heavy atom. The zero-order valence-corrected chi connectivity index (χ0v) is 19.2. The molecule has 4 N–H and O–H groups in total. The highest BCUT2D eigenvalue weighted by molar-refractivity contribution is 7.98. The van der Waals surface area contributed by atoms with E-state index in [4.69, 9.17) is 5.73 Å². The van der Waals surface area contributed by atoms with Crippen molar-refractivity contribution in [2.24, 2.45) is 0 Å². The number of non-ortho nitro benzene ring substituents is 1. The monoisotopic (exact) mass is 474 g/mol. The molecule has 2 aromatic rings. The molecule has 0 unspecified atom stereocenters. The molecule has 0 saturated heterocycles. The van der Waals surface area contributed by atoms with Gasteiger partial charge in [-0.25, -0.2) is 9.48 Å². The van der Waals surface area contributed by atoms with Crippen molar-refractivity contribution >= 4 is 46.4 Å². The fourth-order valence-corrected chi connectivity index (χ4v) is 4.14. The van der Waals surface area contributed by atoms with Gasteiger partial charge < -0.3 is 16.4 Å². The molecule has 0 bridgehead atoms. The fourth-order valence-electron chi connectivity index (χ4n) is 3.54. The Kier molecular flexibility index (Phi) is 8.44. The number of nitro benzene ring substituents is 2. The van der Waals surface area contributed by atoms with Crippen LogP contribution >= 0.6 is 11.8 Å². The summed E-state index contributed by atoms with van der Waals surface area (Å²) in [6.45, 7) is 4.84. The van der Waals surface area contributed by atoms with Gasteiger partial charge in [0.1, 0.15) is 12.2 Å². The number of hydrogen-bond donors (Lipinski definition) is 3. The van der Waals surface area contributed by atoms with Gasteiger partial charge in [-0.1, -0.05) is 0 Å². The number of thioether (sulfide) groups is 1. The SMILES string of the molecule is CSc1cc(N)c([N+](=O)[O-])cc1NCCN1CC=[N+](CCCNc2ccc([N+](=O)[O-])cc2)C1. The van der Waals surface area contributed by atoms with Gasteiger partial charge in [-0.3, -0.25) is 20.2 Å². The Labute approximate surface area is 196 Å². The molecule has 0 saturated carbocycles. The zero-order chi connectivity index (χ0) is 23.8. The number of nitrogens with one attached hydrogen (secondary N) is 2. The third kappa shape index (κ3) is 6.80. The van der Waals surface area contributed by atoms with Gasteiger partial charge in [-0.05, 0) is 24.5 Å². The first kappa shape index (κ1) is 24.3. The summed E-state index contributed by atoms with van der Waals surface area (Å²) in [7, 11) is 0. The van der Waals surface area contributed by atoms with Crippen molar-refractivity contribution in [1.82, 2.24) is 4.90 Å². The van der Waals surface area contributed by atoms with E-state index in [1.54, 1.807) is 18.2 Å². The number of anilines is 3. The van der Waals surface area contributed by atoms with Crippen molar-refractivity contribution in [3.8, 4) is 0 Å². The molecular formula is C21H28N7O4S+. The highest BCUT2D eigenvalue weighted by atomic mass is 32.2. The largest absolute Gasteiger partial charge is 0.393 e. The molecule has 0 atom stereocenters. The number of benzene rings is 2. The Bertz CT molecular complexity index is 1030. The number of nitro groups is 2. The lowest BCUT2D eigenvalue weighted by Gasteiger charge is -2.15. The predicted molar refractivity (Wildman–Crippen MR) is 132 cm³/mol. The van der Waals surface area contributed by atoms with Crippen LogP contribution in [0.2, 0.25) is 0 Å². The summed E-state index contributed by atoms with van der Waals surface area (Å²) in [4.78, 5) is 24.2. The van der Waals surface area contributed by atoms with Crippen LogP contribution in [0.3, 0.4) is 0 Å². The third-order valence-electron chi connectivity index (χ3n) is 5.30. The highest BCUT2D eigenvalue weighted by Gasteiger charge is 2.20.